The van der Waals surface area contributed by atoms with Crippen molar-refractivity contribution in [3.8, 4) is 0 Å². The highest BCUT2D eigenvalue weighted by Crippen LogP contribution is 2.25. The standard InChI is InChI=1S/C20H17NO2/c1-15-8-7-11-17(14-15)20(22)23-19(16-9-3-2-4-10-16)18-12-5-6-13-21-18/h2-14,19H,1H3. The molecule has 3 nitrogen and oxygen atoms in total. The van der Waals surface area contributed by atoms with E-state index in [0.29, 0.717) is 11.3 Å². The van der Waals surface area contributed by atoms with E-state index < -0.39 is 6.10 Å². The summed E-state index contributed by atoms with van der Waals surface area (Å²) in [6, 6.07) is 22.6. The first kappa shape index (κ1) is 15.0. The molecule has 0 spiro atoms. The van der Waals surface area contributed by atoms with Gasteiger partial charge in [0.05, 0.1) is 11.3 Å². The zero-order valence-electron chi connectivity index (χ0n) is 12.8. The third kappa shape index (κ3) is 3.64. The Morgan fingerprint density at radius 2 is 1.74 bits per heavy atom. The monoisotopic (exact) mass is 303 g/mol. The Bertz CT molecular complexity index is 746. The van der Waals surface area contributed by atoms with Crippen LogP contribution >= 0.6 is 0 Å². The van der Waals surface area contributed by atoms with Crippen LogP contribution in [0.1, 0.15) is 33.3 Å². The summed E-state index contributed by atoms with van der Waals surface area (Å²) in [5.41, 5.74) is 3.17. The molecule has 0 bridgehead atoms. The molecule has 0 amide bonds. The first-order valence-corrected chi connectivity index (χ1v) is 7.47. The van der Waals surface area contributed by atoms with Gasteiger partial charge in [-0.3, -0.25) is 4.98 Å². The van der Waals surface area contributed by atoms with E-state index in [0.717, 1.165) is 11.1 Å². The highest BCUT2D eigenvalue weighted by atomic mass is 16.5. The summed E-state index contributed by atoms with van der Waals surface area (Å²) < 4.78 is 5.76. The Hall–Kier alpha value is -2.94. The number of nitrogens with zero attached hydrogens (tertiary/aromatic N) is 1. The molecule has 0 N–H and O–H groups in total. The summed E-state index contributed by atoms with van der Waals surface area (Å²) in [6.45, 7) is 1.95. The van der Waals surface area contributed by atoms with Crippen molar-refractivity contribution < 1.29 is 9.53 Å². The third-order valence-electron chi connectivity index (χ3n) is 3.54. The van der Waals surface area contributed by atoms with E-state index in [9.17, 15) is 4.79 Å². The minimum atomic E-state index is -0.523. The summed E-state index contributed by atoms with van der Waals surface area (Å²) >= 11 is 0. The van der Waals surface area contributed by atoms with Crippen LogP contribution in [-0.2, 0) is 4.74 Å². The number of hydrogen-bond donors (Lipinski definition) is 0. The van der Waals surface area contributed by atoms with Gasteiger partial charge in [-0.15, -0.1) is 0 Å². The lowest BCUT2D eigenvalue weighted by Crippen LogP contribution is -2.14. The molecule has 3 heteroatoms. The predicted molar refractivity (Wildman–Crippen MR) is 89.1 cm³/mol. The number of aromatic nitrogens is 1. The Morgan fingerprint density at radius 1 is 0.957 bits per heavy atom. The van der Waals surface area contributed by atoms with Gasteiger partial charge in [0.1, 0.15) is 0 Å². The SMILES string of the molecule is Cc1cccc(C(=O)OC(c2ccccc2)c2ccccn2)c1. The fraction of sp³-hybridized carbons (Fsp3) is 0.100. The van der Waals surface area contributed by atoms with E-state index in [-0.39, 0.29) is 5.97 Å². The number of carbonyl (C=O) groups excluding carboxylic acids is 1. The van der Waals surface area contributed by atoms with Crippen molar-refractivity contribution in [1.82, 2.24) is 4.98 Å². The molecule has 1 aromatic heterocycles. The molecule has 3 rings (SSSR count). The van der Waals surface area contributed by atoms with Gasteiger partial charge < -0.3 is 4.74 Å². The smallest absolute Gasteiger partial charge is 0.339 e. The quantitative estimate of drug-likeness (QED) is 0.673. The highest BCUT2D eigenvalue weighted by molar-refractivity contribution is 5.89. The van der Waals surface area contributed by atoms with Gasteiger partial charge in [0, 0.05) is 6.20 Å². The second-order valence-corrected chi connectivity index (χ2v) is 5.32. The van der Waals surface area contributed by atoms with Crippen LogP contribution in [0.5, 0.6) is 0 Å². The number of rotatable bonds is 4. The highest BCUT2D eigenvalue weighted by Gasteiger charge is 2.21. The second kappa shape index (κ2) is 6.88. The molecule has 1 heterocycles. The van der Waals surface area contributed by atoms with Gasteiger partial charge in [0.25, 0.3) is 0 Å². The van der Waals surface area contributed by atoms with Crippen molar-refractivity contribution in [2.24, 2.45) is 0 Å². The van der Waals surface area contributed by atoms with Crippen molar-refractivity contribution in [1.29, 1.82) is 0 Å². The van der Waals surface area contributed by atoms with Gasteiger partial charge in [0.2, 0.25) is 0 Å². The molecule has 0 aliphatic carbocycles. The average molecular weight is 303 g/mol. The van der Waals surface area contributed by atoms with Crippen LogP contribution < -0.4 is 0 Å². The topological polar surface area (TPSA) is 39.2 Å². The maximum absolute atomic E-state index is 12.5. The van der Waals surface area contributed by atoms with Crippen molar-refractivity contribution in [2.75, 3.05) is 0 Å². The summed E-state index contributed by atoms with van der Waals surface area (Å²) in [5, 5.41) is 0. The first-order chi connectivity index (χ1) is 11.2. The van der Waals surface area contributed by atoms with E-state index >= 15 is 0 Å². The molecule has 3 aromatic rings. The van der Waals surface area contributed by atoms with E-state index in [2.05, 4.69) is 4.98 Å². The number of esters is 1. The molecule has 2 aromatic carbocycles. The zero-order chi connectivity index (χ0) is 16.1. The Morgan fingerprint density at radius 3 is 2.43 bits per heavy atom. The molecule has 0 radical (unpaired) electrons. The first-order valence-electron chi connectivity index (χ1n) is 7.47. The summed E-state index contributed by atoms with van der Waals surface area (Å²) in [5.74, 6) is -0.354. The van der Waals surface area contributed by atoms with Gasteiger partial charge in [-0.05, 0) is 36.8 Å². The molecule has 0 saturated carbocycles. The number of benzene rings is 2. The Kier molecular flexibility index (Phi) is 4.48. The lowest BCUT2D eigenvalue weighted by atomic mass is 10.1. The Balaban J connectivity index is 1.92. The second-order valence-electron chi connectivity index (χ2n) is 5.32. The van der Waals surface area contributed by atoms with Gasteiger partial charge in [-0.2, -0.15) is 0 Å². The van der Waals surface area contributed by atoms with E-state index in [1.165, 1.54) is 0 Å². The molecule has 23 heavy (non-hydrogen) atoms. The molecule has 1 atom stereocenters. The van der Waals surface area contributed by atoms with Crippen LogP contribution in [0, 0.1) is 6.92 Å². The van der Waals surface area contributed by atoms with Crippen LogP contribution in [0.3, 0.4) is 0 Å². The number of hydrogen-bond acceptors (Lipinski definition) is 3. The number of carbonyl (C=O) groups is 1. The normalized spacial score (nSPS) is 11.7. The van der Waals surface area contributed by atoms with E-state index in [4.69, 9.17) is 4.74 Å². The maximum atomic E-state index is 12.5. The fourth-order valence-corrected chi connectivity index (χ4v) is 2.41. The fourth-order valence-electron chi connectivity index (χ4n) is 2.41. The average Bonchev–Trinajstić information content (AvgIpc) is 2.61. The molecule has 1 unspecified atom stereocenters. The lowest BCUT2D eigenvalue weighted by Gasteiger charge is -2.18. The lowest BCUT2D eigenvalue weighted by molar-refractivity contribution is 0.0370. The number of ether oxygens (including phenoxy) is 1. The van der Waals surface area contributed by atoms with Crippen molar-refractivity contribution in [3.63, 3.8) is 0 Å². The van der Waals surface area contributed by atoms with Crippen molar-refractivity contribution in [2.45, 2.75) is 13.0 Å². The molecule has 0 aliphatic rings. The molecular formula is C20H17NO2. The van der Waals surface area contributed by atoms with Crippen LogP contribution in [0.25, 0.3) is 0 Å². The third-order valence-corrected chi connectivity index (χ3v) is 3.54. The number of pyridine rings is 1. The molecule has 0 aliphatic heterocycles. The van der Waals surface area contributed by atoms with Gasteiger partial charge >= 0.3 is 5.97 Å². The number of aryl methyl sites for hydroxylation is 1. The van der Waals surface area contributed by atoms with Crippen molar-refractivity contribution >= 4 is 5.97 Å². The Labute approximate surface area is 135 Å². The zero-order valence-corrected chi connectivity index (χ0v) is 12.8. The molecule has 0 fully saturated rings. The van der Waals surface area contributed by atoms with Crippen LogP contribution in [0.15, 0.2) is 79.0 Å². The summed E-state index contributed by atoms with van der Waals surface area (Å²) in [6.07, 6.45) is 1.18. The minimum absolute atomic E-state index is 0.354. The molecule has 0 saturated heterocycles. The predicted octanol–water partition coefficient (Wildman–Crippen LogP) is 4.34. The molecule has 114 valence electrons. The van der Waals surface area contributed by atoms with Gasteiger partial charge in [-0.1, -0.05) is 54.1 Å². The van der Waals surface area contributed by atoms with E-state index in [1.54, 1.807) is 12.3 Å². The van der Waals surface area contributed by atoms with Gasteiger partial charge in [-0.25, -0.2) is 4.79 Å². The minimum Gasteiger partial charge on any atom is -0.447 e. The van der Waals surface area contributed by atoms with E-state index in [1.807, 2.05) is 73.7 Å². The van der Waals surface area contributed by atoms with Gasteiger partial charge in [0.15, 0.2) is 6.10 Å². The largest absolute Gasteiger partial charge is 0.447 e. The van der Waals surface area contributed by atoms with Crippen LogP contribution in [-0.4, -0.2) is 11.0 Å². The maximum Gasteiger partial charge on any atom is 0.339 e. The summed E-state index contributed by atoms with van der Waals surface area (Å²) in [7, 11) is 0. The van der Waals surface area contributed by atoms with Crippen LogP contribution in [0.2, 0.25) is 0 Å². The van der Waals surface area contributed by atoms with Crippen LogP contribution in [0.4, 0.5) is 0 Å². The molecular weight excluding hydrogens is 286 g/mol. The van der Waals surface area contributed by atoms with Crippen molar-refractivity contribution in [3.05, 3.63) is 101 Å². The summed E-state index contributed by atoms with van der Waals surface area (Å²) in [4.78, 5) is 16.8.